The number of rotatable bonds is 8. The van der Waals surface area contributed by atoms with Crippen LogP contribution in [0.4, 0.5) is 15.8 Å². The van der Waals surface area contributed by atoms with Crippen LogP contribution in [0.15, 0.2) is 84.5 Å². The number of halogens is 2. The second-order valence-corrected chi connectivity index (χ2v) is 8.99. The zero-order valence-electron chi connectivity index (χ0n) is 19.5. The number of Topliss-reactive ketones (excluding diaryl/α,β-unsaturated/α-hetero) is 1. The number of nitrogens with zero attached hydrogens (tertiary/aromatic N) is 2. The SMILES string of the molecule is CCC(C(=O)c1ccc(F)cc1)N(c1ccncc1)c1csc2cc(Cl)ccc12.O=C(O)C=CC(=O)O. The van der Waals surface area contributed by atoms with Crippen LogP contribution in [0.2, 0.25) is 5.02 Å². The van der Waals surface area contributed by atoms with E-state index >= 15 is 0 Å². The summed E-state index contributed by atoms with van der Waals surface area (Å²) in [5, 5.41) is 19.4. The van der Waals surface area contributed by atoms with Gasteiger partial charge in [0.05, 0.1) is 11.7 Å². The van der Waals surface area contributed by atoms with Gasteiger partial charge in [0.15, 0.2) is 5.78 Å². The maximum absolute atomic E-state index is 13.4. The second-order valence-electron chi connectivity index (χ2n) is 7.64. The summed E-state index contributed by atoms with van der Waals surface area (Å²) in [6.45, 7) is 1.98. The number of pyridine rings is 1. The zero-order chi connectivity index (χ0) is 26.9. The number of thiophene rings is 1. The van der Waals surface area contributed by atoms with Crippen molar-refractivity contribution in [2.75, 3.05) is 4.90 Å². The monoisotopic (exact) mass is 540 g/mol. The summed E-state index contributed by atoms with van der Waals surface area (Å²) in [6.07, 6.45) is 5.12. The van der Waals surface area contributed by atoms with Crippen molar-refractivity contribution in [3.8, 4) is 0 Å². The molecule has 0 saturated heterocycles. The van der Waals surface area contributed by atoms with E-state index in [2.05, 4.69) is 4.98 Å². The Balaban J connectivity index is 0.000000414. The highest BCUT2D eigenvalue weighted by Gasteiger charge is 2.29. The number of hydrogen-bond donors (Lipinski definition) is 2. The van der Waals surface area contributed by atoms with E-state index in [-0.39, 0.29) is 11.6 Å². The Labute approximate surface area is 221 Å². The van der Waals surface area contributed by atoms with Crippen molar-refractivity contribution in [1.29, 1.82) is 0 Å². The van der Waals surface area contributed by atoms with Crippen molar-refractivity contribution in [1.82, 2.24) is 4.98 Å². The maximum Gasteiger partial charge on any atom is 0.328 e. The predicted octanol–water partition coefficient (Wildman–Crippen LogP) is 6.60. The fourth-order valence-electron chi connectivity index (χ4n) is 3.60. The highest BCUT2D eigenvalue weighted by molar-refractivity contribution is 7.17. The molecule has 37 heavy (non-hydrogen) atoms. The largest absolute Gasteiger partial charge is 0.478 e. The Morgan fingerprint density at radius 3 is 2.22 bits per heavy atom. The van der Waals surface area contributed by atoms with Crippen LogP contribution in [0.5, 0.6) is 0 Å². The average Bonchev–Trinajstić information content (AvgIpc) is 3.29. The van der Waals surface area contributed by atoms with Gasteiger partial charge in [-0.2, -0.15) is 0 Å². The highest BCUT2D eigenvalue weighted by atomic mass is 35.5. The molecular weight excluding hydrogens is 519 g/mol. The molecule has 2 N–H and O–H groups in total. The number of carbonyl (C=O) groups excluding carboxylic acids is 1. The summed E-state index contributed by atoms with van der Waals surface area (Å²) in [5.74, 6) is -2.93. The molecule has 7 nitrogen and oxygen atoms in total. The van der Waals surface area contributed by atoms with Gasteiger partial charge in [-0.1, -0.05) is 18.5 Å². The number of aromatic nitrogens is 1. The molecule has 2 aromatic carbocycles. The molecule has 4 rings (SSSR count). The van der Waals surface area contributed by atoms with Crippen molar-refractivity contribution in [2.45, 2.75) is 19.4 Å². The van der Waals surface area contributed by atoms with Crippen LogP contribution in [-0.2, 0) is 9.59 Å². The number of carboxylic acids is 2. The topological polar surface area (TPSA) is 108 Å². The molecule has 0 bridgehead atoms. The number of anilines is 2. The summed E-state index contributed by atoms with van der Waals surface area (Å²) in [4.78, 5) is 38.7. The average molecular weight is 541 g/mol. The minimum Gasteiger partial charge on any atom is -0.478 e. The lowest BCUT2D eigenvalue weighted by Crippen LogP contribution is -2.37. The van der Waals surface area contributed by atoms with Gasteiger partial charge in [0.1, 0.15) is 5.82 Å². The van der Waals surface area contributed by atoms with Crippen LogP contribution in [-0.4, -0.2) is 39.0 Å². The molecule has 2 heterocycles. The van der Waals surface area contributed by atoms with Gasteiger partial charge in [-0.3, -0.25) is 9.78 Å². The number of aliphatic carboxylic acids is 2. The third kappa shape index (κ3) is 7.22. The van der Waals surface area contributed by atoms with Crippen LogP contribution in [0.25, 0.3) is 10.1 Å². The molecule has 0 fully saturated rings. The second kappa shape index (κ2) is 12.8. The molecule has 2 aromatic heterocycles. The van der Waals surface area contributed by atoms with E-state index in [4.69, 9.17) is 21.8 Å². The molecule has 0 aliphatic rings. The quantitative estimate of drug-likeness (QED) is 0.191. The summed E-state index contributed by atoms with van der Waals surface area (Å²) in [5.41, 5.74) is 2.30. The summed E-state index contributed by atoms with van der Waals surface area (Å²) in [7, 11) is 0. The van der Waals surface area contributed by atoms with E-state index in [0.717, 1.165) is 21.5 Å². The van der Waals surface area contributed by atoms with Gasteiger partial charge in [-0.15, -0.1) is 11.3 Å². The molecule has 0 amide bonds. The molecule has 1 atom stereocenters. The Kier molecular flexibility index (Phi) is 9.48. The van der Waals surface area contributed by atoms with E-state index in [0.29, 0.717) is 29.2 Å². The third-order valence-electron chi connectivity index (χ3n) is 5.22. The lowest BCUT2D eigenvalue weighted by atomic mass is 9.99. The van der Waals surface area contributed by atoms with Crippen molar-refractivity contribution < 1.29 is 29.0 Å². The number of hydrogen-bond acceptors (Lipinski definition) is 6. The highest BCUT2D eigenvalue weighted by Crippen LogP contribution is 2.40. The molecule has 1 unspecified atom stereocenters. The van der Waals surface area contributed by atoms with Gasteiger partial charge in [-0.25, -0.2) is 14.0 Å². The first-order valence-corrected chi connectivity index (χ1v) is 12.3. The lowest BCUT2D eigenvalue weighted by molar-refractivity contribution is -0.134. The van der Waals surface area contributed by atoms with Crippen molar-refractivity contribution >= 4 is 62.1 Å². The molecule has 0 aliphatic heterocycles. The molecule has 10 heteroatoms. The minimum atomic E-state index is -1.26. The third-order valence-corrected chi connectivity index (χ3v) is 6.38. The number of carboxylic acid groups (broad SMARTS) is 2. The summed E-state index contributed by atoms with van der Waals surface area (Å²) < 4.78 is 14.4. The smallest absolute Gasteiger partial charge is 0.328 e. The van der Waals surface area contributed by atoms with Crippen LogP contribution in [0.1, 0.15) is 23.7 Å². The fourth-order valence-corrected chi connectivity index (χ4v) is 4.81. The Hall–Kier alpha value is -4.08. The molecule has 4 aromatic rings. The summed E-state index contributed by atoms with van der Waals surface area (Å²) in [6, 6.07) is 14.8. The summed E-state index contributed by atoms with van der Waals surface area (Å²) >= 11 is 7.74. The minimum absolute atomic E-state index is 0.0578. The van der Waals surface area contributed by atoms with Gasteiger partial charge in [0.25, 0.3) is 0 Å². The number of carbonyl (C=O) groups is 3. The zero-order valence-corrected chi connectivity index (χ0v) is 21.1. The van der Waals surface area contributed by atoms with Gasteiger partial charge in [-0.05, 0) is 61.0 Å². The van der Waals surface area contributed by atoms with E-state index in [1.54, 1.807) is 23.7 Å². The number of ketones is 1. The van der Waals surface area contributed by atoms with E-state index < -0.39 is 18.0 Å². The number of fused-ring (bicyclic) bond motifs is 1. The van der Waals surface area contributed by atoms with Gasteiger partial charge in [0, 0.05) is 56.3 Å². The lowest BCUT2D eigenvalue weighted by Gasteiger charge is -2.32. The normalized spacial score (nSPS) is 11.5. The van der Waals surface area contributed by atoms with E-state index in [1.165, 1.54) is 24.3 Å². The predicted molar refractivity (Wildman–Crippen MR) is 142 cm³/mol. The number of benzene rings is 2. The van der Waals surface area contributed by atoms with Crippen LogP contribution >= 0.6 is 22.9 Å². The first kappa shape index (κ1) is 27.5. The molecule has 0 radical (unpaired) electrons. The molecular formula is C27H22ClFN2O5S. The Morgan fingerprint density at radius 2 is 1.65 bits per heavy atom. The van der Waals surface area contributed by atoms with Crippen molar-refractivity contribution in [3.63, 3.8) is 0 Å². The molecule has 0 saturated carbocycles. The van der Waals surface area contributed by atoms with Crippen LogP contribution in [0.3, 0.4) is 0 Å². The molecule has 0 aliphatic carbocycles. The van der Waals surface area contributed by atoms with Crippen LogP contribution in [0, 0.1) is 5.82 Å². The fraction of sp³-hybridized carbons (Fsp3) is 0.111. The van der Waals surface area contributed by atoms with E-state index in [1.807, 2.05) is 47.5 Å². The van der Waals surface area contributed by atoms with Gasteiger partial charge in [0.2, 0.25) is 0 Å². The molecule has 190 valence electrons. The maximum atomic E-state index is 13.4. The Bertz CT molecular complexity index is 1410. The molecule has 0 spiro atoms. The van der Waals surface area contributed by atoms with Crippen molar-refractivity contribution in [2.24, 2.45) is 0 Å². The first-order chi connectivity index (χ1) is 17.7. The standard InChI is InChI=1S/C23H18ClFN2OS.C4H4O4/c1-2-20(23(28)15-3-6-17(25)7-4-15)27(18-9-11-26-12-10-18)21-14-29-22-13-16(24)5-8-19(21)22;5-3(6)1-2-4(7)8/h3-14,20H,2H2,1H3;1-2H,(H,5,6)(H,7,8). The van der Waals surface area contributed by atoms with E-state index in [9.17, 15) is 18.8 Å². The first-order valence-electron chi connectivity index (χ1n) is 11.0. The Morgan fingerprint density at radius 1 is 1.03 bits per heavy atom. The van der Waals surface area contributed by atoms with Crippen LogP contribution < -0.4 is 4.90 Å². The van der Waals surface area contributed by atoms with Crippen molar-refractivity contribution in [3.05, 3.63) is 101 Å². The van der Waals surface area contributed by atoms with Gasteiger partial charge >= 0.3 is 11.9 Å². The van der Waals surface area contributed by atoms with Gasteiger partial charge < -0.3 is 15.1 Å².